The van der Waals surface area contributed by atoms with Crippen molar-refractivity contribution in [2.75, 3.05) is 13.1 Å². The molecule has 1 aromatic rings. The molecule has 0 bridgehead atoms. The van der Waals surface area contributed by atoms with Crippen LogP contribution in [0.1, 0.15) is 19.0 Å². The van der Waals surface area contributed by atoms with Crippen LogP contribution in [0, 0.1) is 0 Å². The molecule has 1 N–H and O–H groups in total. The molecule has 0 unspecified atom stereocenters. The molecule has 1 aromatic heterocycles. The van der Waals surface area contributed by atoms with Gasteiger partial charge in [0.25, 0.3) is 0 Å². The molecule has 0 fully saturated rings. The monoisotopic (exact) mass is 262 g/mol. The average molecular weight is 262 g/mol. The quantitative estimate of drug-likeness (QED) is 0.730. The van der Waals surface area contributed by atoms with Gasteiger partial charge in [-0.1, -0.05) is 19.1 Å². The smallest absolute Gasteiger partial charge is 0.223 e. The fraction of sp³-hybridized carbons (Fsp3) is 0.400. The van der Waals surface area contributed by atoms with Gasteiger partial charge in [-0.25, -0.2) is 0 Å². The standard InChI is InChI=1S/C15H22N2O2/c1-4-7-16(8-5-2)11-13-10-14(18)15(19)12-17(13)9-6-3/h4-5,10,12,19H,1-2,6-9,11H2,3H3. The fourth-order valence-corrected chi connectivity index (χ4v) is 1.99. The molecular formula is C15H22N2O2. The topological polar surface area (TPSA) is 45.5 Å². The van der Waals surface area contributed by atoms with E-state index in [4.69, 9.17) is 0 Å². The van der Waals surface area contributed by atoms with E-state index in [1.807, 2.05) is 16.7 Å². The van der Waals surface area contributed by atoms with Crippen LogP contribution in [-0.4, -0.2) is 27.7 Å². The van der Waals surface area contributed by atoms with E-state index in [-0.39, 0.29) is 11.2 Å². The number of aryl methyl sites for hydroxylation is 1. The van der Waals surface area contributed by atoms with Gasteiger partial charge in [0.05, 0.1) is 6.20 Å². The van der Waals surface area contributed by atoms with Gasteiger partial charge >= 0.3 is 0 Å². The zero-order valence-corrected chi connectivity index (χ0v) is 11.5. The van der Waals surface area contributed by atoms with Crippen LogP contribution >= 0.6 is 0 Å². The summed E-state index contributed by atoms with van der Waals surface area (Å²) in [6.07, 6.45) is 6.11. The summed E-state index contributed by atoms with van der Waals surface area (Å²) in [4.78, 5) is 13.7. The second kappa shape index (κ2) is 7.59. The van der Waals surface area contributed by atoms with E-state index >= 15 is 0 Å². The molecule has 0 radical (unpaired) electrons. The molecule has 1 rings (SSSR count). The van der Waals surface area contributed by atoms with E-state index in [2.05, 4.69) is 25.0 Å². The molecule has 104 valence electrons. The third kappa shape index (κ3) is 4.41. The van der Waals surface area contributed by atoms with Crippen molar-refractivity contribution < 1.29 is 5.11 Å². The van der Waals surface area contributed by atoms with E-state index < -0.39 is 0 Å². The Morgan fingerprint density at radius 1 is 1.37 bits per heavy atom. The molecular weight excluding hydrogens is 240 g/mol. The summed E-state index contributed by atoms with van der Waals surface area (Å²) < 4.78 is 1.93. The van der Waals surface area contributed by atoms with Crippen molar-refractivity contribution >= 4 is 0 Å². The van der Waals surface area contributed by atoms with Crippen molar-refractivity contribution in [2.45, 2.75) is 26.4 Å². The van der Waals surface area contributed by atoms with Crippen LogP contribution in [0.5, 0.6) is 5.75 Å². The highest BCUT2D eigenvalue weighted by atomic mass is 16.3. The van der Waals surface area contributed by atoms with Crippen molar-refractivity contribution in [1.82, 2.24) is 9.47 Å². The van der Waals surface area contributed by atoms with E-state index in [0.29, 0.717) is 6.54 Å². The Balaban J connectivity index is 3.02. The summed E-state index contributed by atoms with van der Waals surface area (Å²) in [5.41, 5.74) is 0.563. The zero-order chi connectivity index (χ0) is 14.3. The molecule has 0 aliphatic carbocycles. The second-order valence-corrected chi connectivity index (χ2v) is 4.48. The van der Waals surface area contributed by atoms with Crippen LogP contribution < -0.4 is 5.43 Å². The molecule has 0 spiro atoms. The van der Waals surface area contributed by atoms with E-state index in [1.54, 1.807) is 0 Å². The minimum absolute atomic E-state index is 0.198. The fourth-order valence-electron chi connectivity index (χ4n) is 1.99. The molecule has 0 aromatic carbocycles. The molecule has 0 saturated carbocycles. The van der Waals surface area contributed by atoms with Gasteiger partial charge < -0.3 is 9.67 Å². The van der Waals surface area contributed by atoms with E-state index in [0.717, 1.165) is 31.7 Å². The van der Waals surface area contributed by atoms with Gasteiger partial charge in [0.15, 0.2) is 5.75 Å². The highest BCUT2D eigenvalue weighted by Gasteiger charge is 2.09. The minimum atomic E-state index is -0.334. The molecule has 0 saturated heterocycles. The summed E-state index contributed by atoms with van der Waals surface area (Å²) in [5.74, 6) is -0.198. The van der Waals surface area contributed by atoms with Crippen molar-refractivity contribution in [1.29, 1.82) is 0 Å². The Morgan fingerprint density at radius 3 is 2.53 bits per heavy atom. The summed E-state index contributed by atoms with van der Waals surface area (Å²) in [6, 6.07) is 1.50. The molecule has 0 aliphatic rings. The van der Waals surface area contributed by atoms with Crippen molar-refractivity contribution in [3.8, 4) is 5.75 Å². The first-order valence-corrected chi connectivity index (χ1v) is 6.48. The molecule has 19 heavy (non-hydrogen) atoms. The minimum Gasteiger partial charge on any atom is -0.503 e. The molecule has 1 heterocycles. The van der Waals surface area contributed by atoms with Crippen molar-refractivity contribution in [3.05, 3.63) is 53.5 Å². The van der Waals surface area contributed by atoms with Crippen LogP contribution in [-0.2, 0) is 13.1 Å². The third-order valence-electron chi connectivity index (χ3n) is 2.82. The zero-order valence-electron chi connectivity index (χ0n) is 11.5. The summed E-state index contributed by atoms with van der Waals surface area (Å²) >= 11 is 0. The predicted molar refractivity (Wildman–Crippen MR) is 78.3 cm³/mol. The average Bonchev–Trinajstić information content (AvgIpc) is 2.36. The van der Waals surface area contributed by atoms with Crippen LogP contribution in [0.25, 0.3) is 0 Å². The van der Waals surface area contributed by atoms with E-state index in [1.165, 1.54) is 12.3 Å². The van der Waals surface area contributed by atoms with Crippen LogP contribution in [0.3, 0.4) is 0 Å². The number of pyridine rings is 1. The second-order valence-electron chi connectivity index (χ2n) is 4.48. The lowest BCUT2D eigenvalue weighted by Gasteiger charge is -2.21. The number of rotatable bonds is 8. The van der Waals surface area contributed by atoms with Gasteiger partial charge in [-0.3, -0.25) is 9.69 Å². The first kappa shape index (κ1) is 15.2. The lowest BCUT2D eigenvalue weighted by molar-refractivity contribution is 0.315. The highest BCUT2D eigenvalue weighted by molar-refractivity contribution is 5.20. The molecule has 0 aliphatic heterocycles. The Bertz CT molecular complexity index is 481. The van der Waals surface area contributed by atoms with Crippen LogP contribution in [0.15, 0.2) is 42.4 Å². The maximum atomic E-state index is 11.6. The normalized spacial score (nSPS) is 10.6. The maximum Gasteiger partial charge on any atom is 0.223 e. The van der Waals surface area contributed by atoms with Gasteiger partial charge in [-0.2, -0.15) is 0 Å². The number of nitrogens with zero attached hydrogens (tertiary/aromatic N) is 2. The third-order valence-corrected chi connectivity index (χ3v) is 2.82. The Labute approximate surface area is 114 Å². The Morgan fingerprint density at radius 2 is 2.00 bits per heavy atom. The van der Waals surface area contributed by atoms with Gasteiger partial charge in [0, 0.05) is 37.9 Å². The van der Waals surface area contributed by atoms with Gasteiger partial charge in [-0.15, -0.1) is 13.2 Å². The molecule has 4 nitrogen and oxygen atoms in total. The SMILES string of the molecule is C=CCN(CC=C)Cc1cc(=O)c(O)cn1CCC. The van der Waals surface area contributed by atoms with Crippen LogP contribution in [0.4, 0.5) is 0 Å². The largest absolute Gasteiger partial charge is 0.503 e. The maximum absolute atomic E-state index is 11.6. The van der Waals surface area contributed by atoms with Gasteiger partial charge in [0.1, 0.15) is 0 Å². The van der Waals surface area contributed by atoms with Crippen molar-refractivity contribution in [2.24, 2.45) is 0 Å². The summed E-state index contributed by atoms with van der Waals surface area (Å²) in [7, 11) is 0. The van der Waals surface area contributed by atoms with E-state index in [9.17, 15) is 9.90 Å². The lowest BCUT2D eigenvalue weighted by atomic mass is 10.2. The number of hydrogen-bond donors (Lipinski definition) is 1. The Hall–Kier alpha value is -1.81. The highest BCUT2D eigenvalue weighted by Crippen LogP contribution is 2.09. The lowest BCUT2D eigenvalue weighted by Crippen LogP contribution is -2.26. The molecule has 0 amide bonds. The van der Waals surface area contributed by atoms with Gasteiger partial charge in [0.2, 0.25) is 5.43 Å². The molecule has 4 heteroatoms. The number of aromatic nitrogens is 1. The van der Waals surface area contributed by atoms with Gasteiger partial charge in [-0.05, 0) is 6.42 Å². The Kier molecular flexibility index (Phi) is 6.09. The first-order valence-electron chi connectivity index (χ1n) is 6.48. The number of hydrogen-bond acceptors (Lipinski definition) is 3. The van der Waals surface area contributed by atoms with Crippen LogP contribution in [0.2, 0.25) is 0 Å². The molecule has 0 atom stereocenters. The number of aromatic hydroxyl groups is 1. The summed E-state index contributed by atoms with van der Waals surface area (Å²) in [5, 5.41) is 9.51. The summed E-state index contributed by atoms with van der Waals surface area (Å²) in [6.45, 7) is 12.4. The predicted octanol–water partition coefficient (Wildman–Crippen LogP) is 2.14. The van der Waals surface area contributed by atoms with Crippen molar-refractivity contribution in [3.63, 3.8) is 0 Å². The first-order chi connectivity index (χ1) is 9.12.